The third kappa shape index (κ3) is 1.41. The molecule has 0 amide bonds. The van der Waals surface area contributed by atoms with Gasteiger partial charge in [-0.25, -0.2) is 0 Å². The highest BCUT2D eigenvalue weighted by Crippen LogP contribution is 2.35. The van der Waals surface area contributed by atoms with Gasteiger partial charge in [0.1, 0.15) is 0 Å². The zero-order valence-corrected chi connectivity index (χ0v) is 7.38. The molecule has 0 spiro atoms. The van der Waals surface area contributed by atoms with E-state index in [-0.39, 0.29) is 5.69 Å². The lowest BCUT2D eigenvalue weighted by Gasteiger charge is -2.20. The second kappa shape index (κ2) is 3.02. The Kier molecular flexibility index (Phi) is 2.06. The fourth-order valence-electron chi connectivity index (χ4n) is 1.90. The van der Waals surface area contributed by atoms with Gasteiger partial charge in [-0.15, -0.1) is 13.2 Å². The number of aliphatic hydroxyl groups is 1. The van der Waals surface area contributed by atoms with Crippen LogP contribution in [0.2, 0.25) is 0 Å². The van der Waals surface area contributed by atoms with Gasteiger partial charge in [0.2, 0.25) is 0 Å². The van der Waals surface area contributed by atoms with E-state index < -0.39 is 12.4 Å². The fraction of sp³-hybridized carbons (Fsp3) is 0.556. The van der Waals surface area contributed by atoms with E-state index in [9.17, 15) is 18.3 Å². The fourth-order valence-corrected chi connectivity index (χ4v) is 1.90. The lowest BCUT2D eigenvalue weighted by Crippen LogP contribution is -2.21. The molecule has 1 atom stereocenters. The first-order chi connectivity index (χ1) is 6.50. The molecule has 0 aromatic carbocycles. The van der Waals surface area contributed by atoms with Gasteiger partial charge in [-0.05, 0) is 25.3 Å². The van der Waals surface area contributed by atoms with Crippen molar-refractivity contribution in [2.75, 3.05) is 0 Å². The Morgan fingerprint density at radius 2 is 2.14 bits per heavy atom. The standard InChI is InChI=1S/C9H10F3NO/c10-9(11,12)13-5-4-6-7(13)2-1-3-8(6)14/h4-5,8,14H,1-3H2. The lowest BCUT2D eigenvalue weighted by atomic mass is 9.95. The molecule has 1 aromatic heterocycles. The number of aromatic nitrogens is 1. The van der Waals surface area contributed by atoms with Gasteiger partial charge in [0, 0.05) is 17.5 Å². The summed E-state index contributed by atoms with van der Waals surface area (Å²) in [5.41, 5.74) is 0.629. The molecule has 0 radical (unpaired) electrons. The molecule has 1 aromatic rings. The van der Waals surface area contributed by atoms with Crippen molar-refractivity contribution < 1.29 is 18.3 Å². The van der Waals surface area contributed by atoms with Crippen LogP contribution in [-0.4, -0.2) is 9.67 Å². The molecule has 2 nitrogen and oxygen atoms in total. The molecule has 0 fully saturated rings. The largest absolute Gasteiger partial charge is 0.488 e. The lowest BCUT2D eigenvalue weighted by molar-refractivity contribution is -0.205. The molecule has 0 bridgehead atoms. The highest BCUT2D eigenvalue weighted by atomic mass is 19.4. The third-order valence-corrected chi connectivity index (χ3v) is 2.55. The summed E-state index contributed by atoms with van der Waals surface area (Å²) in [4.78, 5) is 0. The zero-order chi connectivity index (χ0) is 10.3. The van der Waals surface area contributed by atoms with Crippen molar-refractivity contribution in [1.82, 2.24) is 4.57 Å². The summed E-state index contributed by atoms with van der Waals surface area (Å²) in [6.07, 6.45) is -2.58. The third-order valence-electron chi connectivity index (χ3n) is 2.55. The van der Waals surface area contributed by atoms with E-state index in [4.69, 9.17) is 0 Å². The molecule has 5 heteroatoms. The van der Waals surface area contributed by atoms with Gasteiger partial charge in [-0.3, -0.25) is 4.57 Å². The Morgan fingerprint density at radius 1 is 1.43 bits per heavy atom. The van der Waals surface area contributed by atoms with Crippen LogP contribution in [-0.2, 0) is 12.7 Å². The van der Waals surface area contributed by atoms with Crippen molar-refractivity contribution in [2.24, 2.45) is 0 Å². The number of halogens is 3. The Labute approximate surface area is 79.0 Å². The summed E-state index contributed by atoms with van der Waals surface area (Å²) in [6, 6.07) is 1.35. The molecule has 0 saturated heterocycles. The SMILES string of the molecule is OC1CCCc2c1ccn2C(F)(F)F. The molecular weight excluding hydrogens is 195 g/mol. The van der Waals surface area contributed by atoms with E-state index in [1.165, 1.54) is 6.07 Å². The van der Waals surface area contributed by atoms with Gasteiger partial charge >= 0.3 is 6.30 Å². The van der Waals surface area contributed by atoms with Crippen LogP contribution in [0.4, 0.5) is 13.2 Å². The minimum atomic E-state index is -4.37. The van der Waals surface area contributed by atoms with E-state index in [1.807, 2.05) is 0 Å². The molecule has 2 rings (SSSR count). The van der Waals surface area contributed by atoms with E-state index in [1.54, 1.807) is 0 Å². The molecule has 1 aliphatic rings. The molecular formula is C9H10F3NO. The van der Waals surface area contributed by atoms with Gasteiger partial charge < -0.3 is 5.11 Å². The van der Waals surface area contributed by atoms with Gasteiger partial charge in [0.25, 0.3) is 0 Å². The van der Waals surface area contributed by atoms with Crippen LogP contribution in [0.3, 0.4) is 0 Å². The topological polar surface area (TPSA) is 25.2 Å². The van der Waals surface area contributed by atoms with Crippen molar-refractivity contribution >= 4 is 0 Å². The summed E-state index contributed by atoms with van der Waals surface area (Å²) in [5.74, 6) is 0. The summed E-state index contributed by atoms with van der Waals surface area (Å²) in [6.45, 7) is 0. The predicted octanol–water partition coefficient (Wildman–Crippen LogP) is 2.33. The number of alkyl halides is 3. The molecule has 0 saturated carbocycles. The van der Waals surface area contributed by atoms with Gasteiger partial charge in [0.15, 0.2) is 0 Å². The Hall–Kier alpha value is -0.970. The first-order valence-corrected chi connectivity index (χ1v) is 4.45. The molecule has 1 unspecified atom stereocenters. The van der Waals surface area contributed by atoms with Crippen LogP contribution < -0.4 is 0 Å². The van der Waals surface area contributed by atoms with Gasteiger partial charge in [-0.1, -0.05) is 0 Å². The maximum Gasteiger partial charge on any atom is 0.488 e. The number of nitrogens with zero attached hydrogens (tertiary/aromatic N) is 1. The smallest absolute Gasteiger partial charge is 0.388 e. The van der Waals surface area contributed by atoms with Crippen molar-refractivity contribution in [2.45, 2.75) is 31.7 Å². The zero-order valence-electron chi connectivity index (χ0n) is 7.38. The number of fused-ring (bicyclic) bond motifs is 1. The van der Waals surface area contributed by atoms with Crippen molar-refractivity contribution in [1.29, 1.82) is 0 Å². The van der Waals surface area contributed by atoms with Gasteiger partial charge in [-0.2, -0.15) is 0 Å². The van der Waals surface area contributed by atoms with Crippen molar-refractivity contribution in [3.63, 3.8) is 0 Å². The second-order valence-electron chi connectivity index (χ2n) is 3.46. The minimum Gasteiger partial charge on any atom is -0.388 e. The molecule has 1 aliphatic carbocycles. The van der Waals surface area contributed by atoms with E-state index >= 15 is 0 Å². The summed E-state index contributed by atoms with van der Waals surface area (Å²) < 4.78 is 37.5. The van der Waals surface area contributed by atoms with Crippen LogP contribution in [0.5, 0.6) is 0 Å². The summed E-state index contributed by atoms with van der Waals surface area (Å²) >= 11 is 0. The number of rotatable bonds is 0. The highest BCUT2D eigenvalue weighted by Gasteiger charge is 2.35. The van der Waals surface area contributed by atoms with E-state index in [0.717, 1.165) is 6.20 Å². The number of hydrogen-bond acceptors (Lipinski definition) is 1. The van der Waals surface area contributed by atoms with Gasteiger partial charge in [0.05, 0.1) is 6.10 Å². The summed E-state index contributed by atoms with van der Waals surface area (Å²) in [7, 11) is 0. The van der Waals surface area contributed by atoms with Crippen LogP contribution in [0.1, 0.15) is 30.2 Å². The number of hydrogen-bond donors (Lipinski definition) is 1. The monoisotopic (exact) mass is 205 g/mol. The van der Waals surface area contributed by atoms with Crippen LogP contribution in [0, 0.1) is 0 Å². The first-order valence-electron chi connectivity index (χ1n) is 4.45. The first kappa shape index (κ1) is 9.58. The predicted molar refractivity (Wildman–Crippen MR) is 43.6 cm³/mol. The average molecular weight is 205 g/mol. The quantitative estimate of drug-likeness (QED) is 0.690. The molecule has 14 heavy (non-hydrogen) atoms. The molecule has 1 N–H and O–H groups in total. The normalized spacial score (nSPS) is 22.1. The molecule has 78 valence electrons. The average Bonchev–Trinajstić information content (AvgIpc) is 2.47. The van der Waals surface area contributed by atoms with Crippen LogP contribution in [0.25, 0.3) is 0 Å². The molecule has 0 aliphatic heterocycles. The number of aliphatic hydroxyl groups excluding tert-OH is 1. The Balaban J connectivity index is 2.46. The van der Waals surface area contributed by atoms with Crippen LogP contribution in [0.15, 0.2) is 12.3 Å². The van der Waals surface area contributed by atoms with Crippen LogP contribution >= 0.6 is 0 Å². The second-order valence-corrected chi connectivity index (χ2v) is 3.46. The summed E-state index contributed by atoms with van der Waals surface area (Å²) in [5, 5.41) is 9.46. The highest BCUT2D eigenvalue weighted by molar-refractivity contribution is 5.27. The van der Waals surface area contributed by atoms with E-state index in [0.29, 0.717) is 29.4 Å². The Bertz CT molecular complexity index is 342. The van der Waals surface area contributed by atoms with E-state index in [2.05, 4.69) is 0 Å². The van der Waals surface area contributed by atoms with Crippen molar-refractivity contribution in [3.05, 3.63) is 23.5 Å². The Morgan fingerprint density at radius 3 is 2.79 bits per heavy atom. The van der Waals surface area contributed by atoms with Crippen molar-refractivity contribution in [3.8, 4) is 0 Å². The maximum atomic E-state index is 12.4. The maximum absolute atomic E-state index is 12.4. The minimum absolute atomic E-state index is 0.205. The molecule has 1 heterocycles.